The van der Waals surface area contributed by atoms with E-state index < -0.39 is 0 Å². The van der Waals surface area contributed by atoms with Gasteiger partial charge < -0.3 is 5.11 Å². The predicted molar refractivity (Wildman–Crippen MR) is 65.4 cm³/mol. The molecular formula is C11H13NOS2. The highest BCUT2D eigenvalue weighted by Gasteiger charge is 2.06. The number of rotatable bonds is 5. The fourth-order valence-electron chi connectivity index (χ4n) is 1.16. The molecule has 0 radical (unpaired) electrons. The third kappa shape index (κ3) is 3.45. The largest absolute Gasteiger partial charge is 0.396 e. The minimum absolute atomic E-state index is 0.205. The first-order valence-electron chi connectivity index (χ1n) is 4.64. The van der Waals surface area contributed by atoms with Gasteiger partial charge in [0.1, 0.15) is 6.07 Å². The topological polar surface area (TPSA) is 44.0 Å². The van der Waals surface area contributed by atoms with Gasteiger partial charge in [0.25, 0.3) is 0 Å². The molecule has 0 atom stereocenters. The SMILES string of the molecule is CSc1cccc(SCCCO)c1C#N. The molecule has 0 saturated heterocycles. The number of nitriles is 1. The molecule has 1 rings (SSSR count). The van der Waals surface area contributed by atoms with Gasteiger partial charge in [0.15, 0.2) is 0 Å². The van der Waals surface area contributed by atoms with E-state index in [1.165, 1.54) is 0 Å². The van der Waals surface area contributed by atoms with E-state index in [1.54, 1.807) is 23.5 Å². The maximum atomic E-state index is 9.06. The summed E-state index contributed by atoms with van der Waals surface area (Å²) in [7, 11) is 0. The number of hydrogen-bond acceptors (Lipinski definition) is 4. The van der Waals surface area contributed by atoms with Crippen molar-refractivity contribution in [3.05, 3.63) is 23.8 Å². The van der Waals surface area contributed by atoms with Gasteiger partial charge in [-0.15, -0.1) is 23.5 Å². The molecule has 0 aliphatic carbocycles. The first kappa shape index (κ1) is 12.4. The van der Waals surface area contributed by atoms with E-state index in [-0.39, 0.29) is 6.61 Å². The quantitative estimate of drug-likeness (QED) is 0.634. The molecule has 1 N–H and O–H groups in total. The molecule has 0 spiro atoms. The Balaban J connectivity index is 2.83. The number of aliphatic hydroxyl groups is 1. The molecular weight excluding hydrogens is 226 g/mol. The summed E-state index contributed by atoms with van der Waals surface area (Å²) in [6.07, 6.45) is 2.73. The van der Waals surface area contributed by atoms with Crippen LogP contribution in [0.25, 0.3) is 0 Å². The van der Waals surface area contributed by atoms with Gasteiger partial charge in [-0.05, 0) is 24.8 Å². The van der Waals surface area contributed by atoms with Crippen LogP contribution >= 0.6 is 23.5 Å². The van der Waals surface area contributed by atoms with Crippen LogP contribution in [0.1, 0.15) is 12.0 Å². The summed E-state index contributed by atoms with van der Waals surface area (Å²) in [4.78, 5) is 2.03. The van der Waals surface area contributed by atoms with Gasteiger partial charge in [-0.25, -0.2) is 0 Å². The molecule has 1 aromatic carbocycles. The van der Waals surface area contributed by atoms with E-state index in [0.29, 0.717) is 0 Å². The molecule has 0 unspecified atom stereocenters. The monoisotopic (exact) mass is 239 g/mol. The Labute approximate surface area is 98.7 Å². The van der Waals surface area contributed by atoms with Crippen LogP contribution in [0, 0.1) is 11.3 Å². The first-order chi connectivity index (χ1) is 7.33. The minimum Gasteiger partial charge on any atom is -0.396 e. The summed E-state index contributed by atoms with van der Waals surface area (Å²) in [5.74, 6) is 0.850. The average Bonchev–Trinajstić information content (AvgIpc) is 2.29. The molecule has 1 aromatic rings. The smallest absolute Gasteiger partial charge is 0.101 e. The third-order valence-electron chi connectivity index (χ3n) is 1.88. The van der Waals surface area contributed by atoms with Crippen molar-refractivity contribution >= 4 is 23.5 Å². The van der Waals surface area contributed by atoms with Gasteiger partial charge in [0.05, 0.1) is 5.56 Å². The van der Waals surface area contributed by atoms with Crippen molar-refractivity contribution < 1.29 is 5.11 Å². The number of thioether (sulfide) groups is 2. The molecule has 0 aromatic heterocycles. The van der Waals surface area contributed by atoms with Crippen molar-refractivity contribution in [2.75, 3.05) is 18.6 Å². The molecule has 0 saturated carbocycles. The fourth-order valence-corrected chi connectivity index (χ4v) is 2.77. The molecule has 0 heterocycles. The van der Waals surface area contributed by atoms with E-state index in [9.17, 15) is 0 Å². The lowest BCUT2D eigenvalue weighted by molar-refractivity contribution is 0.296. The number of aliphatic hydroxyl groups excluding tert-OH is 1. The second kappa shape index (κ2) is 6.78. The Hall–Kier alpha value is -0.630. The number of hydrogen-bond donors (Lipinski definition) is 1. The van der Waals surface area contributed by atoms with Crippen LogP contribution < -0.4 is 0 Å². The Morgan fingerprint density at radius 2 is 2.13 bits per heavy atom. The first-order valence-corrected chi connectivity index (χ1v) is 6.85. The second-order valence-corrected chi connectivity index (χ2v) is 4.86. The maximum Gasteiger partial charge on any atom is 0.101 e. The zero-order chi connectivity index (χ0) is 11.1. The lowest BCUT2D eigenvalue weighted by Crippen LogP contribution is -1.89. The maximum absolute atomic E-state index is 9.06. The summed E-state index contributed by atoms with van der Waals surface area (Å²) in [5, 5.41) is 17.7. The van der Waals surface area contributed by atoms with Crippen molar-refractivity contribution in [1.29, 1.82) is 5.26 Å². The molecule has 15 heavy (non-hydrogen) atoms. The van der Waals surface area contributed by atoms with Gasteiger partial charge in [-0.3, -0.25) is 0 Å². The van der Waals surface area contributed by atoms with E-state index in [1.807, 2.05) is 24.5 Å². The Morgan fingerprint density at radius 1 is 1.40 bits per heavy atom. The van der Waals surface area contributed by atoms with Crippen LogP contribution in [0.15, 0.2) is 28.0 Å². The van der Waals surface area contributed by atoms with Gasteiger partial charge in [-0.1, -0.05) is 6.07 Å². The zero-order valence-corrected chi connectivity index (χ0v) is 10.2. The van der Waals surface area contributed by atoms with Crippen LogP contribution in [0.4, 0.5) is 0 Å². The highest BCUT2D eigenvalue weighted by molar-refractivity contribution is 7.99. The predicted octanol–water partition coefficient (Wildman–Crippen LogP) is 2.75. The Morgan fingerprint density at radius 3 is 2.73 bits per heavy atom. The Bertz CT molecular complexity index is 360. The summed E-state index contributed by atoms with van der Waals surface area (Å²) < 4.78 is 0. The van der Waals surface area contributed by atoms with Crippen LogP contribution in [-0.4, -0.2) is 23.7 Å². The normalized spacial score (nSPS) is 9.93. The number of benzene rings is 1. The molecule has 0 bridgehead atoms. The summed E-state index contributed by atoms with van der Waals surface area (Å²) in [6.45, 7) is 0.205. The minimum atomic E-state index is 0.205. The van der Waals surface area contributed by atoms with Crippen LogP contribution in [0.2, 0.25) is 0 Å². The molecule has 4 heteroatoms. The highest BCUT2D eigenvalue weighted by Crippen LogP contribution is 2.29. The van der Waals surface area contributed by atoms with Crippen LogP contribution in [0.5, 0.6) is 0 Å². The molecule has 0 amide bonds. The van der Waals surface area contributed by atoms with Gasteiger partial charge in [0, 0.05) is 22.2 Å². The van der Waals surface area contributed by atoms with Gasteiger partial charge in [-0.2, -0.15) is 5.26 Å². The summed E-state index contributed by atoms with van der Waals surface area (Å²) in [5.41, 5.74) is 0.757. The zero-order valence-electron chi connectivity index (χ0n) is 8.56. The molecule has 80 valence electrons. The van der Waals surface area contributed by atoms with Crippen LogP contribution in [-0.2, 0) is 0 Å². The van der Waals surface area contributed by atoms with Crippen LogP contribution in [0.3, 0.4) is 0 Å². The van der Waals surface area contributed by atoms with Crippen molar-refractivity contribution in [1.82, 2.24) is 0 Å². The van der Waals surface area contributed by atoms with Crippen molar-refractivity contribution in [2.45, 2.75) is 16.2 Å². The summed E-state index contributed by atoms with van der Waals surface area (Å²) in [6, 6.07) is 8.12. The molecule has 2 nitrogen and oxygen atoms in total. The molecule has 0 aliphatic heterocycles. The second-order valence-electron chi connectivity index (χ2n) is 2.87. The fraction of sp³-hybridized carbons (Fsp3) is 0.364. The molecule has 0 fully saturated rings. The van der Waals surface area contributed by atoms with Gasteiger partial charge >= 0.3 is 0 Å². The highest BCUT2D eigenvalue weighted by atomic mass is 32.2. The average molecular weight is 239 g/mol. The Kier molecular flexibility index (Phi) is 5.62. The van der Waals surface area contributed by atoms with Crippen molar-refractivity contribution in [3.63, 3.8) is 0 Å². The lowest BCUT2D eigenvalue weighted by Gasteiger charge is -2.06. The van der Waals surface area contributed by atoms with E-state index >= 15 is 0 Å². The van der Waals surface area contributed by atoms with Crippen molar-refractivity contribution in [3.8, 4) is 6.07 Å². The van der Waals surface area contributed by atoms with Gasteiger partial charge in [0.2, 0.25) is 0 Å². The lowest BCUT2D eigenvalue weighted by atomic mass is 10.2. The molecule has 0 aliphatic rings. The number of nitrogens with zero attached hydrogens (tertiary/aromatic N) is 1. The van der Waals surface area contributed by atoms with E-state index in [4.69, 9.17) is 10.4 Å². The van der Waals surface area contributed by atoms with Crippen molar-refractivity contribution in [2.24, 2.45) is 0 Å². The van der Waals surface area contributed by atoms with E-state index in [2.05, 4.69) is 6.07 Å². The standard InChI is InChI=1S/C11H13NOS2/c1-14-10-4-2-5-11(9(10)8-12)15-7-3-6-13/h2,4-5,13H,3,6-7H2,1H3. The third-order valence-corrected chi connectivity index (χ3v) is 3.80. The summed E-state index contributed by atoms with van der Waals surface area (Å²) >= 11 is 3.22. The van der Waals surface area contributed by atoms with E-state index in [0.717, 1.165) is 27.5 Å².